The summed E-state index contributed by atoms with van der Waals surface area (Å²) in [6.07, 6.45) is 6.95. The fourth-order valence-corrected chi connectivity index (χ4v) is 3.50. The standard InChI is InChI=1S/C15H22N2O2S/c1-19-15(18)13-8-10(16)6-7-14(13)17-11-4-3-5-12(9-11)20-2/h6-8,11-12,17H,3-5,9,16H2,1-2H3. The van der Waals surface area contributed by atoms with E-state index in [9.17, 15) is 4.79 Å². The van der Waals surface area contributed by atoms with Crippen LogP contribution in [0.4, 0.5) is 11.4 Å². The van der Waals surface area contributed by atoms with Crippen molar-refractivity contribution >= 4 is 29.1 Å². The molecule has 1 aliphatic carbocycles. The van der Waals surface area contributed by atoms with Crippen molar-refractivity contribution in [3.8, 4) is 0 Å². The summed E-state index contributed by atoms with van der Waals surface area (Å²) in [7, 11) is 1.39. The van der Waals surface area contributed by atoms with Crippen molar-refractivity contribution in [2.45, 2.75) is 37.0 Å². The first kappa shape index (κ1) is 15.0. The van der Waals surface area contributed by atoms with Gasteiger partial charge in [-0.25, -0.2) is 4.79 Å². The molecule has 2 atom stereocenters. The van der Waals surface area contributed by atoms with Gasteiger partial charge < -0.3 is 15.8 Å². The number of hydrogen-bond donors (Lipinski definition) is 2. The maximum absolute atomic E-state index is 11.8. The van der Waals surface area contributed by atoms with Crippen LogP contribution in [0.15, 0.2) is 18.2 Å². The minimum Gasteiger partial charge on any atom is -0.465 e. The molecule has 0 heterocycles. The molecule has 1 saturated carbocycles. The Morgan fingerprint density at radius 2 is 2.25 bits per heavy atom. The largest absolute Gasteiger partial charge is 0.465 e. The first-order chi connectivity index (χ1) is 9.63. The number of nitrogen functional groups attached to an aromatic ring is 1. The summed E-state index contributed by atoms with van der Waals surface area (Å²) >= 11 is 1.93. The van der Waals surface area contributed by atoms with Gasteiger partial charge in [0.25, 0.3) is 0 Å². The summed E-state index contributed by atoms with van der Waals surface area (Å²) in [6.45, 7) is 0. The lowest BCUT2D eigenvalue weighted by Gasteiger charge is -2.30. The van der Waals surface area contributed by atoms with E-state index in [1.54, 1.807) is 6.07 Å². The molecule has 5 heteroatoms. The molecule has 2 rings (SSSR count). The highest BCUT2D eigenvalue weighted by Gasteiger charge is 2.22. The van der Waals surface area contributed by atoms with Crippen molar-refractivity contribution in [3.63, 3.8) is 0 Å². The summed E-state index contributed by atoms with van der Waals surface area (Å²) < 4.78 is 4.82. The molecule has 0 aliphatic heterocycles. The molecule has 0 bridgehead atoms. The third-order valence-corrected chi connectivity index (χ3v) is 4.86. The van der Waals surface area contributed by atoms with Crippen molar-refractivity contribution in [1.82, 2.24) is 0 Å². The number of thioether (sulfide) groups is 1. The molecule has 0 saturated heterocycles. The van der Waals surface area contributed by atoms with Gasteiger partial charge >= 0.3 is 5.97 Å². The molecule has 0 aromatic heterocycles. The van der Waals surface area contributed by atoms with Gasteiger partial charge in [-0.15, -0.1) is 0 Å². The molecular formula is C15H22N2O2S. The highest BCUT2D eigenvalue weighted by molar-refractivity contribution is 7.99. The highest BCUT2D eigenvalue weighted by atomic mass is 32.2. The molecule has 2 unspecified atom stereocenters. The van der Waals surface area contributed by atoms with Gasteiger partial charge in [-0.05, 0) is 43.7 Å². The van der Waals surface area contributed by atoms with E-state index in [1.807, 2.05) is 23.9 Å². The van der Waals surface area contributed by atoms with Crippen LogP contribution in [0, 0.1) is 0 Å². The second-order valence-electron chi connectivity index (χ2n) is 5.16. The molecule has 3 N–H and O–H groups in total. The van der Waals surface area contributed by atoms with Gasteiger partial charge in [0, 0.05) is 22.7 Å². The third kappa shape index (κ3) is 3.60. The summed E-state index contributed by atoms with van der Waals surface area (Å²) in [5.41, 5.74) is 7.66. The highest BCUT2D eigenvalue weighted by Crippen LogP contribution is 2.30. The fraction of sp³-hybridized carbons (Fsp3) is 0.533. The lowest BCUT2D eigenvalue weighted by Crippen LogP contribution is -2.29. The number of hydrogen-bond acceptors (Lipinski definition) is 5. The lowest BCUT2D eigenvalue weighted by molar-refractivity contribution is 0.0602. The van der Waals surface area contributed by atoms with E-state index in [1.165, 1.54) is 20.0 Å². The zero-order valence-electron chi connectivity index (χ0n) is 12.0. The minimum absolute atomic E-state index is 0.350. The predicted molar refractivity (Wildman–Crippen MR) is 85.4 cm³/mol. The number of nitrogens with one attached hydrogen (secondary N) is 1. The zero-order chi connectivity index (χ0) is 14.5. The average molecular weight is 294 g/mol. The minimum atomic E-state index is -0.350. The van der Waals surface area contributed by atoms with E-state index in [0.717, 1.165) is 18.5 Å². The Morgan fingerprint density at radius 3 is 2.95 bits per heavy atom. The molecule has 1 aliphatic rings. The number of methoxy groups -OCH3 is 1. The maximum atomic E-state index is 11.8. The van der Waals surface area contributed by atoms with Crippen LogP contribution in [0.5, 0.6) is 0 Å². The van der Waals surface area contributed by atoms with Gasteiger partial charge in [-0.3, -0.25) is 0 Å². The summed E-state index contributed by atoms with van der Waals surface area (Å²) in [5.74, 6) is -0.350. The van der Waals surface area contributed by atoms with Gasteiger partial charge in [0.15, 0.2) is 0 Å². The number of carbonyl (C=O) groups excluding carboxylic acids is 1. The van der Waals surface area contributed by atoms with E-state index < -0.39 is 0 Å². The normalized spacial score (nSPS) is 22.3. The Balaban J connectivity index is 2.14. The molecule has 1 fully saturated rings. The first-order valence-corrected chi connectivity index (χ1v) is 8.20. The number of ether oxygens (including phenoxy) is 1. The quantitative estimate of drug-likeness (QED) is 0.660. The van der Waals surface area contributed by atoms with Crippen molar-refractivity contribution in [2.75, 3.05) is 24.4 Å². The Kier molecular flexibility index (Phi) is 5.17. The SMILES string of the molecule is COC(=O)c1cc(N)ccc1NC1CCCC(SC)C1. The topological polar surface area (TPSA) is 64.3 Å². The number of nitrogens with two attached hydrogens (primary N) is 1. The molecule has 0 radical (unpaired) electrons. The van der Waals surface area contributed by atoms with E-state index in [4.69, 9.17) is 10.5 Å². The summed E-state index contributed by atoms with van der Waals surface area (Å²) in [6, 6.07) is 5.75. The van der Waals surface area contributed by atoms with Gasteiger partial charge in [-0.1, -0.05) is 6.42 Å². The Morgan fingerprint density at radius 1 is 1.45 bits per heavy atom. The van der Waals surface area contributed by atoms with Crippen LogP contribution >= 0.6 is 11.8 Å². The van der Waals surface area contributed by atoms with Gasteiger partial charge in [0.1, 0.15) is 0 Å². The molecule has 1 aromatic rings. The molecule has 110 valence electrons. The van der Waals surface area contributed by atoms with E-state index in [2.05, 4.69) is 11.6 Å². The number of rotatable bonds is 4. The van der Waals surface area contributed by atoms with Crippen LogP contribution in [0.1, 0.15) is 36.0 Å². The Hall–Kier alpha value is -1.36. The number of esters is 1. The van der Waals surface area contributed by atoms with Crippen molar-refractivity contribution in [2.24, 2.45) is 0 Å². The lowest BCUT2D eigenvalue weighted by atomic mass is 9.94. The third-order valence-electron chi connectivity index (χ3n) is 3.77. The Labute approximate surface area is 124 Å². The van der Waals surface area contributed by atoms with Gasteiger partial charge in [-0.2, -0.15) is 11.8 Å². The second kappa shape index (κ2) is 6.88. The van der Waals surface area contributed by atoms with Crippen LogP contribution in [-0.4, -0.2) is 30.6 Å². The molecule has 0 amide bonds. The number of anilines is 2. The van der Waals surface area contributed by atoms with Crippen LogP contribution in [0.2, 0.25) is 0 Å². The second-order valence-corrected chi connectivity index (χ2v) is 6.30. The van der Waals surface area contributed by atoms with Crippen LogP contribution in [-0.2, 0) is 4.74 Å². The summed E-state index contributed by atoms with van der Waals surface area (Å²) in [5, 5.41) is 4.19. The van der Waals surface area contributed by atoms with Gasteiger partial charge in [0.2, 0.25) is 0 Å². The van der Waals surface area contributed by atoms with Crippen molar-refractivity contribution < 1.29 is 9.53 Å². The summed E-state index contributed by atoms with van der Waals surface area (Å²) in [4.78, 5) is 11.8. The molecule has 0 spiro atoms. The van der Waals surface area contributed by atoms with Crippen molar-refractivity contribution in [1.29, 1.82) is 0 Å². The smallest absolute Gasteiger partial charge is 0.340 e. The number of carbonyl (C=O) groups is 1. The van der Waals surface area contributed by atoms with E-state index >= 15 is 0 Å². The Bertz CT molecular complexity index is 479. The van der Waals surface area contributed by atoms with Crippen molar-refractivity contribution in [3.05, 3.63) is 23.8 Å². The van der Waals surface area contributed by atoms with Crippen LogP contribution < -0.4 is 11.1 Å². The fourth-order valence-electron chi connectivity index (χ4n) is 2.68. The number of benzene rings is 1. The molecule has 1 aromatic carbocycles. The molecule has 20 heavy (non-hydrogen) atoms. The van der Waals surface area contributed by atoms with Crippen LogP contribution in [0.3, 0.4) is 0 Å². The molecular weight excluding hydrogens is 272 g/mol. The average Bonchev–Trinajstić information content (AvgIpc) is 2.48. The first-order valence-electron chi connectivity index (χ1n) is 6.91. The van der Waals surface area contributed by atoms with E-state index in [-0.39, 0.29) is 5.97 Å². The predicted octanol–water partition coefficient (Wildman–Crippen LogP) is 3.14. The van der Waals surface area contributed by atoms with Crippen LogP contribution in [0.25, 0.3) is 0 Å². The molecule has 4 nitrogen and oxygen atoms in total. The van der Waals surface area contributed by atoms with E-state index in [0.29, 0.717) is 22.5 Å². The maximum Gasteiger partial charge on any atom is 0.340 e. The zero-order valence-corrected chi connectivity index (χ0v) is 12.8. The van der Waals surface area contributed by atoms with Gasteiger partial charge in [0.05, 0.1) is 12.7 Å². The monoisotopic (exact) mass is 294 g/mol.